The quantitative estimate of drug-likeness (QED) is 0.735. The van der Waals surface area contributed by atoms with Crippen molar-refractivity contribution in [1.29, 1.82) is 0 Å². The molecular formula is C9H7ClF2O. The average molecular weight is 205 g/mol. The van der Waals surface area contributed by atoms with E-state index in [4.69, 9.17) is 16.7 Å². The predicted molar refractivity (Wildman–Crippen MR) is 47.8 cm³/mol. The molecule has 0 amide bonds. The molecule has 0 radical (unpaired) electrons. The van der Waals surface area contributed by atoms with E-state index in [1.807, 2.05) is 0 Å². The Balaban J connectivity index is 3.06. The normalized spacial score (nSPS) is 11.0. The monoisotopic (exact) mass is 204 g/mol. The summed E-state index contributed by atoms with van der Waals surface area (Å²) in [5.41, 5.74) is 0.372. The molecule has 0 unspecified atom stereocenters. The zero-order chi connectivity index (χ0) is 9.84. The number of halogens is 3. The van der Waals surface area contributed by atoms with E-state index in [2.05, 4.69) is 0 Å². The van der Waals surface area contributed by atoms with Crippen LogP contribution in [0, 0.1) is 11.6 Å². The molecule has 0 saturated heterocycles. The van der Waals surface area contributed by atoms with Gasteiger partial charge in [0.05, 0.1) is 0 Å². The van der Waals surface area contributed by atoms with Gasteiger partial charge in [0.25, 0.3) is 0 Å². The van der Waals surface area contributed by atoms with Gasteiger partial charge >= 0.3 is 0 Å². The van der Waals surface area contributed by atoms with Crippen molar-refractivity contribution >= 4 is 17.7 Å². The van der Waals surface area contributed by atoms with Crippen molar-refractivity contribution < 1.29 is 13.9 Å². The molecule has 0 fully saturated rings. The number of hydrogen-bond donors (Lipinski definition) is 1. The van der Waals surface area contributed by atoms with Gasteiger partial charge in [-0.05, 0) is 17.7 Å². The standard InChI is InChI=1S/C9H7ClF2O/c10-3-1-2-6-4-7(11)9(12)8(13)5-6/h1-2,4-5,13H,3H2. The number of allylic oxidation sites excluding steroid dienone is 1. The summed E-state index contributed by atoms with van der Waals surface area (Å²) in [5.74, 6) is -2.73. The Morgan fingerprint density at radius 2 is 2.08 bits per heavy atom. The van der Waals surface area contributed by atoms with Crippen LogP contribution in [0.25, 0.3) is 6.08 Å². The summed E-state index contributed by atoms with van der Waals surface area (Å²) in [6.07, 6.45) is 3.06. The Morgan fingerprint density at radius 3 is 2.62 bits per heavy atom. The summed E-state index contributed by atoms with van der Waals surface area (Å²) in [4.78, 5) is 0. The number of alkyl halides is 1. The van der Waals surface area contributed by atoms with Crippen molar-refractivity contribution in [1.82, 2.24) is 0 Å². The molecule has 0 heterocycles. The lowest BCUT2D eigenvalue weighted by Gasteiger charge is -1.98. The summed E-state index contributed by atoms with van der Waals surface area (Å²) in [7, 11) is 0. The number of benzene rings is 1. The zero-order valence-electron chi connectivity index (χ0n) is 6.60. The Hall–Kier alpha value is -1.09. The number of rotatable bonds is 2. The minimum Gasteiger partial charge on any atom is -0.505 e. The highest BCUT2D eigenvalue weighted by molar-refractivity contribution is 6.19. The molecule has 1 rings (SSSR count). The minimum absolute atomic E-state index is 0.278. The molecule has 0 aliphatic carbocycles. The molecule has 1 nitrogen and oxygen atoms in total. The summed E-state index contributed by atoms with van der Waals surface area (Å²) in [6, 6.07) is 2.11. The van der Waals surface area contributed by atoms with Crippen molar-refractivity contribution in [3.63, 3.8) is 0 Å². The van der Waals surface area contributed by atoms with Gasteiger partial charge in [0.1, 0.15) is 0 Å². The van der Waals surface area contributed by atoms with E-state index in [9.17, 15) is 8.78 Å². The van der Waals surface area contributed by atoms with Crippen LogP contribution in [0.15, 0.2) is 18.2 Å². The predicted octanol–water partition coefficient (Wildman–Crippen LogP) is 2.92. The first-order valence-electron chi connectivity index (χ1n) is 3.55. The molecule has 4 heteroatoms. The highest BCUT2D eigenvalue weighted by atomic mass is 35.5. The largest absolute Gasteiger partial charge is 0.505 e. The SMILES string of the molecule is Oc1cc(C=CCCl)cc(F)c1F. The second-order valence-corrected chi connectivity index (χ2v) is 2.70. The molecular weight excluding hydrogens is 198 g/mol. The molecule has 0 aliphatic heterocycles. The molecule has 0 bridgehead atoms. The van der Waals surface area contributed by atoms with Crippen molar-refractivity contribution in [3.8, 4) is 5.75 Å². The topological polar surface area (TPSA) is 20.2 Å². The third-order valence-electron chi connectivity index (χ3n) is 1.43. The van der Waals surface area contributed by atoms with Crippen molar-refractivity contribution in [3.05, 3.63) is 35.4 Å². The van der Waals surface area contributed by atoms with E-state index >= 15 is 0 Å². The van der Waals surface area contributed by atoms with Gasteiger partial charge in [-0.25, -0.2) is 4.39 Å². The summed E-state index contributed by atoms with van der Waals surface area (Å²) < 4.78 is 25.2. The van der Waals surface area contributed by atoms with Gasteiger partial charge in [-0.2, -0.15) is 4.39 Å². The van der Waals surface area contributed by atoms with Gasteiger partial charge < -0.3 is 5.11 Å². The molecule has 1 aromatic rings. The number of aromatic hydroxyl groups is 1. The second-order valence-electron chi connectivity index (χ2n) is 2.39. The first-order chi connectivity index (χ1) is 6.15. The number of phenols is 1. The maximum atomic E-state index is 12.7. The van der Waals surface area contributed by atoms with Gasteiger partial charge in [-0.15, -0.1) is 11.6 Å². The maximum Gasteiger partial charge on any atom is 0.200 e. The van der Waals surface area contributed by atoms with E-state index in [1.165, 1.54) is 6.08 Å². The molecule has 1 aromatic carbocycles. The van der Waals surface area contributed by atoms with Gasteiger partial charge in [0, 0.05) is 5.88 Å². The van der Waals surface area contributed by atoms with E-state index in [1.54, 1.807) is 6.08 Å². The zero-order valence-corrected chi connectivity index (χ0v) is 7.35. The van der Waals surface area contributed by atoms with E-state index in [0.29, 0.717) is 5.56 Å². The van der Waals surface area contributed by atoms with E-state index in [-0.39, 0.29) is 5.88 Å². The number of hydrogen-bond acceptors (Lipinski definition) is 1. The van der Waals surface area contributed by atoms with Gasteiger partial charge in [0.15, 0.2) is 17.4 Å². The molecule has 0 atom stereocenters. The first-order valence-corrected chi connectivity index (χ1v) is 4.09. The van der Waals surface area contributed by atoms with Crippen LogP contribution in [-0.4, -0.2) is 11.0 Å². The Bertz CT molecular complexity index is 313. The van der Waals surface area contributed by atoms with Crippen LogP contribution in [-0.2, 0) is 0 Å². The summed E-state index contributed by atoms with van der Waals surface area (Å²) in [6.45, 7) is 0. The second kappa shape index (κ2) is 4.23. The van der Waals surface area contributed by atoms with Gasteiger partial charge in [-0.3, -0.25) is 0 Å². The molecule has 13 heavy (non-hydrogen) atoms. The van der Waals surface area contributed by atoms with Crippen LogP contribution in [0.2, 0.25) is 0 Å². The van der Waals surface area contributed by atoms with Crippen LogP contribution >= 0.6 is 11.6 Å². The average Bonchev–Trinajstić information content (AvgIpc) is 2.10. The Kier molecular flexibility index (Phi) is 3.25. The van der Waals surface area contributed by atoms with Crippen molar-refractivity contribution in [2.45, 2.75) is 0 Å². The van der Waals surface area contributed by atoms with Crippen LogP contribution in [0.4, 0.5) is 8.78 Å². The fourth-order valence-electron chi connectivity index (χ4n) is 0.872. The Labute approximate surface area is 79.3 Å². The summed E-state index contributed by atoms with van der Waals surface area (Å²) in [5, 5.41) is 8.90. The lowest BCUT2D eigenvalue weighted by molar-refractivity contribution is 0.407. The lowest BCUT2D eigenvalue weighted by Crippen LogP contribution is -1.85. The highest BCUT2D eigenvalue weighted by Crippen LogP contribution is 2.21. The van der Waals surface area contributed by atoms with E-state index < -0.39 is 17.4 Å². The fraction of sp³-hybridized carbons (Fsp3) is 0.111. The van der Waals surface area contributed by atoms with Crippen LogP contribution in [0.5, 0.6) is 5.75 Å². The third kappa shape index (κ3) is 2.42. The van der Waals surface area contributed by atoms with E-state index in [0.717, 1.165) is 12.1 Å². The molecule has 0 saturated carbocycles. The maximum absolute atomic E-state index is 12.7. The van der Waals surface area contributed by atoms with Crippen LogP contribution in [0.1, 0.15) is 5.56 Å². The molecule has 0 aliphatic rings. The molecule has 0 spiro atoms. The van der Waals surface area contributed by atoms with Crippen molar-refractivity contribution in [2.75, 3.05) is 5.88 Å². The summed E-state index contributed by atoms with van der Waals surface area (Å²) >= 11 is 5.35. The molecule has 70 valence electrons. The number of phenolic OH excluding ortho intramolecular Hbond substituents is 1. The fourth-order valence-corrected chi connectivity index (χ4v) is 0.961. The van der Waals surface area contributed by atoms with Gasteiger partial charge in [0.2, 0.25) is 0 Å². The smallest absolute Gasteiger partial charge is 0.200 e. The molecule has 0 aromatic heterocycles. The van der Waals surface area contributed by atoms with Gasteiger partial charge in [-0.1, -0.05) is 12.2 Å². The van der Waals surface area contributed by atoms with Crippen molar-refractivity contribution in [2.24, 2.45) is 0 Å². The lowest BCUT2D eigenvalue weighted by atomic mass is 10.2. The first kappa shape index (κ1) is 9.99. The minimum atomic E-state index is -1.23. The van der Waals surface area contributed by atoms with Crippen LogP contribution in [0.3, 0.4) is 0 Å². The Morgan fingerprint density at radius 1 is 1.38 bits per heavy atom. The third-order valence-corrected chi connectivity index (χ3v) is 1.61. The van der Waals surface area contributed by atoms with Crippen LogP contribution < -0.4 is 0 Å². The molecule has 1 N–H and O–H groups in total. The highest BCUT2D eigenvalue weighted by Gasteiger charge is 2.07.